The van der Waals surface area contributed by atoms with Crippen LogP contribution in [0.15, 0.2) is 18.2 Å². The fourth-order valence-electron chi connectivity index (χ4n) is 7.33. The Bertz CT molecular complexity index is 896. The molecule has 57 heavy (non-hydrogen) atoms. The Kier molecular flexibility index (Phi) is 28.4. The van der Waals surface area contributed by atoms with Gasteiger partial charge < -0.3 is 62.1 Å². The molecule has 3 heterocycles. The molecule has 0 atom stereocenters. The Balaban J connectivity index is 1.32. The molecular formula is C42H84N12O3. The molecule has 15 nitrogen and oxygen atoms in total. The van der Waals surface area contributed by atoms with Crippen LogP contribution in [0.1, 0.15) is 57.8 Å². The SMILES string of the molecule is c1c(OCCN2CCCCNCNCCCNCC2)cc(OCCN2CCCCNCNCCCNCC2)cc1OCCN1CCCCNCNCCCNCC1. The van der Waals surface area contributed by atoms with Crippen LogP contribution in [0.3, 0.4) is 0 Å². The van der Waals surface area contributed by atoms with Gasteiger partial charge in [0.2, 0.25) is 0 Å². The van der Waals surface area contributed by atoms with Gasteiger partial charge in [0, 0.05) is 97.1 Å². The van der Waals surface area contributed by atoms with Gasteiger partial charge in [0.25, 0.3) is 0 Å². The van der Waals surface area contributed by atoms with Crippen molar-refractivity contribution in [3.8, 4) is 17.2 Å². The van der Waals surface area contributed by atoms with E-state index in [-0.39, 0.29) is 0 Å². The van der Waals surface area contributed by atoms with Crippen molar-refractivity contribution in [1.82, 2.24) is 62.6 Å². The van der Waals surface area contributed by atoms with E-state index in [9.17, 15) is 0 Å². The van der Waals surface area contributed by atoms with Crippen LogP contribution in [0.5, 0.6) is 17.2 Å². The van der Waals surface area contributed by atoms with Crippen LogP contribution in [0.4, 0.5) is 0 Å². The molecular weight excluding hydrogens is 721 g/mol. The summed E-state index contributed by atoms with van der Waals surface area (Å²) >= 11 is 0. The topological polar surface area (TPSA) is 146 Å². The van der Waals surface area contributed by atoms with E-state index in [4.69, 9.17) is 14.2 Å². The monoisotopic (exact) mass is 805 g/mol. The van der Waals surface area contributed by atoms with Crippen molar-refractivity contribution >= 4 is 0 Å². The number of nitrogens with zero attached hydrogens (tertiary/aromatic N) is 3. The second kappa shape index (κ2) is 33.9. The van der Waals surface area contributed by atoms with Gasteiger partial charge in [0.05, 0.1) is 0 Å². The predicted octanol–water partition coefficient (Wildman–Crippen LogP) is 0.460. The van der Waals surface area contributed by atoms with Crippen molar-refractivity contribution in [2.45, 2.75) is 57.8 Å². The van der Waals surface area contributed by atoms with E-state index in [0.717, 1.165) is 194 Å². The average molecular weight is 805 g/mol. The Morgan fingerprint density at radius 1 is 0.316 bits per heavy atom. The number of rotatable bonds is 12. The third-order valence-electron chi connectivity index (χ3n) is 10.8. The van der Waals surface area contributed by atoms with Gasteiger partial charge in [-0.2, -0.15) is 0 Å². The van der Waals surface area contributed by atoms with E-state index in [0.29, 0.717) is 19.8 Å². The Labute approximate surface area is 346 Å². The molecule has 3 aliphatic heterocycles. The highest BCUT2D eigenvalue weighted by Gasteiger charge is 2.12. The molecule has 4 rings (SSSR count). The summed E-state index contributed by atoms with van der Waals surface area (Å²) in [6, 6.07) is 6.16. The summed E-state index contributed by atoms with van der Waals surface area (Å²) < 4.78 is 19.5. The molecule has 15 heteroatoms. The van der Waals surface area contributed by atoms with Crippen LogP contribution in [-0.4, -0.2) is 192 Å². The molecule has 3 fully saturated rings. The Morgan fingerprint density at radius 3 is 0.912 bits per heavy atom. The summed E-state index contributed by atoms with van der Waals surface area (Å²) in [7, 11) is 0. The Hall–Kier alpha value is -1.86. The number of nitrogens with one attached hydrogen (secondary N) is 9. The molecule has 1 aromatic rings. The molecule has 0 bridgehead atoms. The van der Waals surface area contributed by atoms with Crippen molar-refractivity contribution in [2.75, 3.05) is 177 Å². The smallest absolute Gasteiger partial charge is 0.126 e. The third kappa shape index (κ3) is 25.4. The fraction of sp³-hybridized carbons (Fsp3) is 0.857. The first-order valence-electron chi connectivity index (χ1n) is 22.9. The highest BCUT2D eigenvalue weighted by molar-refractivity contribution is 5.42. The number of ether oxygens (including phenoxy) is 3. The van der Waals surface area contributed by atoms with Crippen LogP contribution in [0.2, 0.25) is 0 Å². The van der Waals surface area contributed by atoms with Crippen molar-refractivity contribution in [2.24, 2.45) is 0 Å². The van der Waals surface area contributed by atoms with E-state index >= 15 is 0 Å². The molecule has 330 valence electrons. The van der Waals surface area contributed by atoms with Gasteiger partial charge in [0.1, 0.15) is 37.1 Å². The molecule has 3 aliphatic rings. The van der Waals surface area contributed by atoms with E-state index in [1.165, 1.54) is 38.5 Å². The number of hydrogen-bond acceptors (Lipinski definition) is 15. The average Bonchev–Trinajstić information content (AvgIpc) is 3.21. The lowest BCUT2D eigenvalue weighted by Crippen LogP contribution is -2.38. The largest absolute Gasteiger partial charge is 0.492 e. The van der Waals surface area contributed by atoms with Crippen LogP contribution in [0, 0.1) is 0 Å². The zero-order valence-electron chi connectivity index (χ0n) is 35.8. The second-order valence-corrected chi connectivity index (χ2v) is 15.7. The zero-order chi connectivity index (χ0) is 39.5. The maximum Gasteiger partial charge on any atom is 0.126 e. The van der Waals surface area contributed by atoms with Gasteiger partial charge in [-0.3, -0.25) is 14.7 Å². The van der Waals surface area contributed by atoms with E-state index in [1.54, 1.807) is 0 Å². The fourth-order valence-corrected chi connectivity index (χ4v) is 7.33. The standard InChI is InChI=1S/C42H84N12O3/c1-4-22-52(25-19-43-13-7-16-49-37-46-10-1)28-31-55-40-34-41(56-32-29-53-23-5-2-11-47-38-50-17-8-14-44-20-26-53)36-42(35-40)57-33-30-54-24-6-3-12-48-39-51-18-9-15-45-21-27-54/h34-36,43-51H,1-33,37-39H2. The van der Waals surface area contributed by atoms with Crippen LogP contribution in [-0.2, 0) is 0 Å². The Morgan fingerprint density at radius 2 is 0.596 bits per heavy atom. The quantitative estimate of drug-likeness (QED) is 0.144. The first-order valence-corrected chi connectivity index (χ1v) is 22.9. The minimum Gasteiger partial charge on any atom is -0.492 e. The van der Waals surface area contributed by atoms with Crippen molar-refractivity contribution < 1.29 is 14.2 Å². The van der Waals surface area contributed by atoms with E-state index in [2.05, 4.69) is 80.7 Å². The molecule has 0 spiro atoms. The van der Waals surface area contributed by atoms with Crippen molar-refractivity contribution in [3.63, 3.8) is 0 Å². The van der Waals surface area contributed by atoms with Gasteiger partial charge in [-0.15, -0.1) is 0 Å². The summed E-state index contributed by atoms with van der Waals surface area (Å²) in [5, 5.41) is 31.8. The number of hydrogen-bond donors (Lipinski definition) is 9. The summed E-state index contributed by atoms with van der Waals surface area (Å²) in [5.74, 6) is 2.44. The van der Waals surface area contributed by atoms with Crippen molar-refractivity contribution in [3.05, 3.63) is 18.2 Å². The molecule has 0 unspecified atom stereocenters. The molecule has 1 aromatic carbocycles. The highest BCUT2D eigenvalue weighted by atomic mass is 16.5. The lowest BCUT2D eigenvalue weighted by atomic mass is 10.2. The van der Waals surface area contributed by atoms with Crippen molar-refractivity contribution in [1.29, 1.82) is 0 Å². The van der Waals surface area contributed by atoms with Crippen LogP contribution in [0.25, 0.3) is 0 Å². The predicted molar refractivity (Wildman–Crippen MR) is 235 cm³/mol. The second-order valence-electron chi connectivity index (χ2n) is 15.7. The molecule has 9 N–H and O–H groups in total. The molecule has 0 radical (unpaired) electrons. The van der Waals surface area contributed by atoms with Gasteiger partial charge in [-0.25, -0.2) is 0 Å². The summed E-state index contributed by atoms with van der Waals surface area (Å²) in [5.41, 5.74) is 0. The van der Waals surface area contributed by atoms with Gasteiger partial charge in [0.15, 0.2) is 0 Å². The maximum atomic E-state index is 6.49. The summed E-state index contributed by atoms with van der Waals surface area (Å²) in [6.45, 7) is 26.0. The molecule has 0 amide bonds. The van der Waals surface area contributed by atoms with Crippen LogP contribution < -0.4 is 62.1 Å². The number of benzene rings is 1. The molecule has 0 aromatic heterocycles. The van der Waals surface area contributed by atoms with Gasteiger partial charge >= 0.3 is 0 Å². The van der Waals surface area contributed by atoms with E-state index in [1.807, 2.05) is 0 Å². The minimum atomic E-state index is 0.627. The third-order valence-corrected chi connectivity index (χ3v) is 10.8. The normalized spacial score (nSPS) is 22.3. The van der Waals surface area contributed by atoms with Gasteiger partial charge in [-0.05, 0) is 136 Å². The molecule has 0 aliphatic carbocycles. The zero-order valence-corrected chi connectivity index (χ0v) is 35.8. The first-order chi connectivity index (χ1) is 28.3. The van der Waals surface area contributed by atoms with Gasteiger partial charge in [-0.1, -0.05) is 0 Å². The first kappa shape index (κ1) is 47.8. The summed E-state index contributed by atoms with van der Waals surface area (Å²) in [4.78, 5) is 7.62. The lowest BCUT2D eigenvalue weighted by molar-refractivity contribution is 0.194. The minimum absolute atomic E-state index is 0.627. The van der Waals surface area contributed by atoms with Crippen LogP contribution >= 0.6 is 0 Å². The maximum absolute atomic E-state index is 6.49. The summed E-state index contributed by atoms with van der Waals surface area (Å²) in [6.07, 6.45) is 10.5. The highest BCUT2D eigenvalue weighted by Crippen LogP contribution is 2.28. The molecule has 3 saturated heterocycles. The van der Waals surface area contributed by atoms with E-state index < -0.39 is 0 Å². The molecule has 0 saturated carbocycles. The lowest BCUT2D eigenvalue weighted by Gasteiger charge is -2.24.